The molecule has 0 radical (unpaired) electrons. The van der Waals surface area contributed by atoms with E-state index >= 15 is 0 Å². The van der Waals surface area contributed by atoms with E-state index in [4.69, 9.17) is 21.1 Å². The molecule has 1 aliphatic carbocycles. The fourth-order valence-electron chi connectivity index (χ4n) is 3.73. The predicted octanol–water partition coefficient (Wildman–Crippen LogP) is 3.93. The molecule has 3 rings (SSSR count). The van der Waals surface area contributed by atoms with E-state index < -0.39 is 33.1 Å². The maximum Gasteiger partial charge on any atom is 0.328 e. The Balaban J connectivity index is 1.74. The van der Waals surface area contributed by atoms with Crippen LogP contribution >= 0.6 is 11.6 Å². The number of aryl methyl sites for hydroxylation is 1. The van der Waals surface area contributed by atoms with Gasteiger partial charge < -0.3 is 14.8 Å². The fraction of sp³-hybridized carbons (Fsp3) is 0.364. The predicted molar refractivity (Wildman–Crippen MR) is 117 cm³/mol. The van der Waals surface area contributed by atoms with Crippen molar-refractivity contribution in [2.75, 3.05) is 19.0 Å². The minimum absolute atomic E-state index is 0.0691. The number of rotatable bonds is 7. The monoisotopic (exact) mass is 465 g/mol. The van der Waals surface area contributed by atoms with Crippen molar-refractivity contribution in [3.8, 4) is 5.75 Å². The summed E-state index contributed by atoms with van der Waals surface area (Å²) in [6.07, 6.45) is 1.51. The minimum atomic E-state index is -3.97. The first-order chi connectivity index (χ1) is 14.7. The second kappa shape index (κ2) is 9.28. The first-order valence-electron chi connectivity index (χ1n) is 9.82. The van der Waals surface area contributed by atoms with E-state index in [9.17, 15) is 18.0 Å². The maximum atomic E-state index is 13.3. The number of hydrogen-bond donors (Lipinski definition) is 1. The second-order valence-corrected chi connectivity index (χ2v) is 10.1. The van der Waals surface area contributed by atoms with Crippen LogP contribution in [0.15, 0.2) is 47.4 Å². The number of hydrogen-bond acceptors (Lipinski definition) is 6. The number of sulfone groups is 1. The lowest BCUT2D eigenvalue weighted by molar-refractivity contribution is -0.149. The van der Waals surface area contributed by atoms with Crippen molar-refractivity contribution in [3.05, 3.63) is 53.1 Å². The van der Waals surface area contributed by atoms with Crippen LogP contribution in [0.25, 0.3) is 0 Å². The van der Waals surface area contributed by atoms with Gasteiger partial charge in [0.2, 0.25) is 0 Å². The highest BCUT2D eigenvalue weighted by Gasteiger charge is 2.54. The van der Waals surface area contributed by atoms with E-state index in [0.29, 0.717) is 29.3 Å². The first kappa shape index (κ1) is 23.1. The van der Waals surface area contributed by atoms with Crippen molar-refractivity contribution in [3.63, 3.8) is 0 Å². The van der Waals surface area contributed by atoms with Gasteiger partial charge in [-0.1, -0.05) is 42.6 Å². The number of benzene rings is 2. The molecule has 0 unspecified atom stereocenters. The van der Waals surface area contributed by atoms with Crippen molar-refractivity contribution < 1.29 is 27.5 Å². The van der Waals surface area contributed by atoms with Crippen LogP contribution < -0.4 is 10.1 Å². The van der Waals surface area contributed by atoms with Gasteiger partial charge in [0, 0.05) is 11.1 Å². The van der Waals surface area contributed by atoms with Crippen LogP contribution in [-0.4, -0.2) is 38.8 Å². The Labute approximate surface area is 186 Å². The van der Waals surface area contributed by atoms with E-state index in [1.807, 2.05) is 0 Å². The molecule has 1 fully saturated rings. The Morgan fingerprint density at radius 1 is 1.13 bits per heavy atom. The lowest BCUT2D eigenvalue weighted by Crippen LogP contribution is -2.46. The summed E-state index contributed by atoms with van der Waals surface area (Å²) in [5.74, 6) is -1.16. The topological polar surface area (TPSA) is 98.8 Å². The number of nitrogens with one attached hydrogen (secondary N) is 1. The number of carbonyl (C=O) groups excluding carboxylic acids is 2. The Morgan fingerprint density at radius 2 is 1.77 bits per heavy atom. The average Bonchev–Trinajstić information content (AvgIpc) is 3.27. The molecule has 1 N–H and O–H groups in total. The molecule has 9 heteroatoms. The molecule has 166 valence electrons. The molecule has 0 aromatic heterocycles. The summed E-state index contributed by atoms with van der Waals surface area (Å²) >= 11 is 6.07. The summed E-state index contributed by atoms with van der Waals surface area (Å²) in [6.45, 7) is 1.16. The van der Waals surface area contributed by atoms with Gasteiger partial charge in [-0.2, -0.15) is 0 Å². The number of ether oxygens (including phenoxy) is 2. The third-order valence-corrected chi connectivity index (χ3v) is 8.34. The van der Waals surface area contributed by atoms with E-state index in [1.54, 1.807) is 37.3 Å². The van der Waals surface area contributed by atoms with Gasteiger partial charge in [-0.15, -0.1) is 0 Å². The second-order valence-electron chi connectivity index (χ2n) is 7.44. The van der Waals surface area contributed by atoms with Crippen molar-refractivity contribution >= 4 is 39.0 Å². The smallest absolute Gasteiger partial charge is 0.328 e. The molecular formula is C22H24ClNO6S. The number of anilines is 1. The third kappa shape index (κ3) is 4.55. The van der Waals surface area contributed by atoms with Gasteiger partial charge in [0.1, 0.15) is 5.75 Å². The first-order valence-corrected chi connectivity index (χ1v) is 11.7. The standard InChI is InChI=1S/C22H24ClNO6S/c1-15-12-18(19(29-2)13-17(15)23)24-20(25)14-30-21(26)22(10-6-7-11-22)31(27,28)16-8-4-3-5-9-16/h3-5,8-9,12-13H,6-7,10-11,14H2,1-2H3,(H,24,25). The zero-order valence-electron chi connectivity index (χ0n) is 17.3. The summed E-state index contributed by atoms with van der Waals surface area (Å²) in [5, 5.41) is 3.09. The molecule has 7 nitrogen and oxygen atoms in total. The SMILES string of the molecule is COc1cc(Cl)c(C)cc1NC(=O)COC(=O)C1(S(=O)(=O)c2ccccc2)CCCC1. The van der Waals surface area contributed by atoms with Crippen LogP contribution in [0.1, 0.15) is 31.2 Å². The van der Waals surface area contributed by atoms with Crippen LogP contribution in [-0.2, 0) is 24.2 Å². The van der Waals surface area contributed by atoms with Gasteiger partial charge >= 0.3 is 5.97 Å². The van der Waals surface area contributed by atoms with Gasteiger partial charge in [-0.25, -0.2) is 8.42 Å². The third-order valence-electron chi connectivity index (χ3n) is 5.44. The summed E-state index contributed by atoms with van der Waals surface area (Å²) < 4.78 is 35.2. The summed E-state index contributed by atoms with van der Waals surface area (Å²) in [5.41, 5.74) is 1.10. The zero-order valence-corrected chi connectivity index (χ0v) is 18.9. The molecule has 31 heavy (non-hydrogen) atoms. The van der Waals surface area contributed by atoms with Crippen molar-refractivity contribution in [1.29, 1.82) is 0 Å². The number of carbonyl (C=O) groups is 2. The molecule has 0 spiro atoms. The Kier molecular flexibility index (Phi) is 6.91. The summed E-state index contributed by atoms with van der Waals surface area (Å²) in [4.78, 5) is 25.4. The van der Waals surface area contributed by atoms with Gasteiger partial charge in [0.25, 0.3) is 5.91 Å². The average molecular weight is 466 g/mol. The summed E-state index contributed by atoms with van der Waals surface area (Å²) in [6, 6.07) is 11.0. The van der Waals surface area contributed by atoms with Crippen LogP contribution in [0.3, 0.4) is 0 Å². The number of amides is 1. The molecule has 1 amide bonds. The van der Waals surface area contributed by atoms with Crippen molar-refractivity contribution in [1.82, 2.24) is 0 Å². The molecule has 0 saturated heterocycles. The van der Waals surface area contributed by atoms with Gasteiger partial charge in [0.15, 0.2) is 21.2 Å². The molecular weight excluding hydrogens is 442 g/mol. The lowest BCUT2D eigenvalue weighted by atomic mass is 10.1. The van der Waals surface area contributed by atoms with E-state index in [2.05, 4.69) is 5.32 Å². The minimum Gasteiger partial charge on any atom is -0.495 e. The number of halogens is 1. The Morgan fingerprint density at radius 3 is 2.39 bits per heavy atom. The van der Waals surface area contributed by atoms with Gasteiger partial charge in [-0.05, 0) is 43.5 Å². The van der Waals surface area contributed by atoms with Crippen molar-refractivity contribution in [2.45, 2.75) is 42.2 Å². The van der Waals surface area contributed by atoms with Gasteiger partial charge in [0.05, 0.1) is 17.7 Å². The molecule has 0 bridgehead atoms. The molecule has 0 heterocycles. The largest absolute Gasteiger partial charge is 0.495 e. The highest BCUT2D eigenvalue weighted by Crippen LogP contribution is 2.41. The van der Waals surface area contributed by atoms with E-state index in [1.165, 1.54) is 19.2 Å². The van der Waals surface area contributed by atoms with Gasteiger partial charge in [-0.3, -0.25) is 9.59 Å². The van der Waals surface area contributed by atoms with Crippen LogP contribution in [0.5, 0.6) is 5.75 Å². The molecule has 2 aromatic carbocycles. The normalized spacial score (nSPS) is 15.3. The van der Waals surface area contributed by atoms with Crippen LogP contribution in [0.4, 0.5) is 5.69 Å². The quantitative estimate of drug-likeness (QED) is 0.622. The summed E-state index contributed by atoms with van der Waals surface area (Å²) in [7, 11) is -2.53. The molecule has 0 aliphatic heterocycles. The number of methoxy groups -OCH3 is 1. The van der Waals surface area contributed by atoms with Crippen molar-refractivity contribution in [2.24, 2.45) is 0 Å². The van der Waals surface area contributed by atoms with E-state index in [-0.39, 0.29) is 17.7 Å². The van der Waals surface area contributed by atoms with E-state index in [0.717, 1.165) is 5.56 Å². The molecule has 1 saturated carbocycles. The highest BCUT2D eigenvalue weighted by molar-refractivity contribution is 7.93. The zero-order chi connectivity index (χ0) is 22.6. The molecule has 2 aromatic rings. The fourth-order valence-corrected chi connectivity index (χ4v) is 5.96. The number of esters is 1. The lowest BCUT2D eigenvalue weighted by Gasteiger charge is -2.26. The maximum absolute atomic E-state index is 13.3. The molecule has 0 atom stereocenters. The Bertz CT molecular complexity index is 1080. The Hall–Kier alpha value is -2.58. The molecule has 1 aliphatic rings. The van der Waals surface area contributed by atoms with Crippen LogP contribution in [0.2, 0.25) is 5.02 Å². The highest BCUT2D eigenvalue weighted by atomic mass is 35.5. The van der Waals surface area contributed by atoms with Crippen LogP contribution in [0, 0.1) is 6.92 Å².